The van der Waals surface area contributed by atoms with Crippen LogP contribution in [-0.4, -0.2) is 36.9 Å². The van der Waals surface area contributed by atoms with Crippen LogP contribution in [-0.2, 0) is 23.8 Å². The maximum Gasteiger partial charge on any atom is 0.333 e. The van der Waals surface area contributed by atoms with Gasteiger partial charge in [0, 0.05) is 41.6 Å². The Hall–Kier alpha value is -1.62. The lowest BCUT2D eigenvalue weighted by Gasteiger charge is -2.52. The Balaban J connectivity index is 1.49. The summed E-state index contributed by atoms with van der Waals surface area (Å²) >= 11 is 0. The first-order chi connectivity index (χ1) is 15.8. The van der Waals surface area contributed by atoms with Crippen molar-refractivity contribution in [1.29, 1.82) is 0 Å². The van der Waals surface area contributed by atoms with Crippen molar-refractivity contribution in [1.82, 2.24) is 0 Å². The van der Waals surface area contributed by atoms with E-state index in [-0.39, 0.29) is 22.8 Å². The minimum absolute atomic E-state index is 0.133. The SMILES string of the molecule is C=C(C)C(=O)OC1(C)C2(C/C=C(/C)C(=O)OC3(C)CC4CCC3C4COC)CCC(C2)C1(C)C. The quantitative estimate of drug-likeness (QED) is 0.319. The molecular formula is C29H44O5. The summed E-state index contributed by atoms with van der Waals surface area (Å²) in [7, 11) is 1.76. The minimum atomic E-state index is -0.608. The monoisotopic (exact) mass is 472 g/mol. The van der Waals surface area contributed by atoms with Crippen LogP contribution in [0.2, 0.25) is 0 Å². The van der Waals surface area contributed by atoms with E-state index in [1.807, 2.05) is 13.0 Å². The molecule has 4 saturated carbocycles. The first-order valence-corrected chi connectivity index (χ1v) is 13.1. The number of esters is 2. The second-order valence-electron chi connectivity index (χ2n) is 12.7. The fourth-order valence-corrected chi connectivity index (χ4v) is 8.26. The highest BCUT2D eigenvalue weighted by molar-refractivity contribution is 5.88. The number of methoxy groups -OCH3 is 1. The van der Waals surface area contributed by atoms with Crippen LogP contribution in [0.4, 0.5) is 0 Å². The van der Waals surface area contributed by atoms with Crippen LogP contribution in [0.5, 0.6) is 0 Å². The zero-order chi connectivity index (χ0) is 25.1. The summed E-state index contributed by atoms with van der Waals surface area (Å²) in [5, 5.41) is 0. The van der Waals surface area contributed by atoms with Gasteiger partial charge in [-0.25, -0.2) is 9.59 Å². The number of carbonyl (C=O) groups excluding carboxylic acids is 2. The number of carbonyl (C=O) groups is 2. The highest BCUT2D eigenvalue weighted by Crippen LogP contribution is 2.71. The molecule has 5 nitrogen and oxygen atoms in total. The van der Waals surface area contributed by atoms with Crippen molar-refractivity contribution in [3.63, 3.8) is 0 Å². The van der Waals surface area contributed by atoms with Gasteiger partial charge >= 0.3 is 11.9 Å². The van der Waals surface area contributed by atoms with Crippen molar-refractivity contribution in [2.75, 3.05) is 13.7 Å². The molecule has 34 heavy (non-hydrogen) atoms. The molecule has 5 heteroatoms. The van der Waals surface area contributed by atoms with E-state index < -0.39 is 11.2 Å². The van der Waals surface area contributed by atoms with Crippen LogP contribution in [0.1, 0.15) is 86.5 Å². The molecular weight excluding hydrogens is 428 g/mol. The lowest BCUT2D eigenvalue weighted by atomic mass is 9.59. The molecule has 4 fully saturated rings. The maximum absolute atomic E-state index is 13.2. The largest absolute Gasteiger partial charge is 0.456 e. The Morgan fingerprint density at radius 1 is 1.00 bits per heavy atom. The Morgan fingerprint density at radius 2 is 1.71 bits per heavy atom. The molecule has 7 unspecified atom stereocenters. The van der Waals surface area contributed by atoms with Crippen molar-refractivity contribution < 1.29 is 23.8 Å². The molecule has 0 N–H and O–H groups in total. The lowest BCUT2D eigenvalue weighted by Crippen LogP contribution is -2.55. The molecule has 0 saturated heterocycles. The molecule has 0 amide bonds. The Morgan fingerprint density at radius 3 is 2.35 bits per heavy atom. The van der Waals surface area contributed by atoms with Crippen molar-refractivity contribution in [3.05, 3.63) is 23.8 Å². The van der Waals surface area contributed by atoms with Crippen molar-refractivity contribution in [2.24, 2.45) is 34.5 Å². The minimum Gasteiger partial charge on any atom is -0.456 e. The van der Waals surface area contributed by atoms with Crippen LogP contribution < -0.4 is 0 Å². The summed E-state index contributed by atoms with van der Waals surface area (Å²) in [4.78, 5) is 25.8. The van der Waals surface area contributed by atoms with E-state index >= 15 is 0 Å². The van der Waals surface area contributed by atoms with Crippen LogP contribution in [0.3, 0.4) is 0 Å². The molecule has 0 spiro atoms. The van der Waals surface area contributed by atoms with Crippen molar-refractivity contribution >= 4 is 11.9 Å². The Labute approximate surface area is 205 Å². The Kier molecular flexibility index (Phi) is 6.37. The maximum atomic E-state index is 13.2. The third-order valence-corrected chi connectivity index (χ3v) is 10.7. The molecule has 0 radical (unpaired) electrons. The molecule has 0 aromatic heterocycles. The highest BCUT2D eigenvalue weighted by atomic mass is 16.6. The predicted octanol–water partition coefficient (Wildman–Crippen LogP) is 6.02. The summed E-state index contributed by atoms with van der Waals surface area (Å²) in [5.74, 6) is 1.43. The van der Waals surface area contributed by atoms with E-state index in [9.17, 15) is 9.59 Å². The standard InChI is InChI=1S/C29H44O5/c1-18(2)24(30)34-28(7)26(4,5)21-12-14-29(28,16-21)13-11-19(3)25(31)33-27(6)15-20-9-10-23(27)22(20)17-32-8/h11,20-23H,1,9-10,12-17H2,2-8H3/b19-11-. The van der Waals surface area contributed by atoms with E-state index in [4.69, 9.17) is 14.2 Å². The molecule has 190 valence electrons. The summed E-state index contributed by atoms with van der Waals surface area (Å²) in [6.07, 6.45) is 9.15. The van der Waals surface area contributed by atoms with E-state index in [2.05, 4.69) is 34.3 Å². The van der Waals surface area contributed by atoms with Gasteiger partial charge in [-0.15, -0.1) is 0 Å². The van der Waals surface area contributed by atoms with Gasteiger partial charge in [-0.3, -0.25) is 0 Å². The topological polar surface area (TPSA) is 61.8 Å². The molecule has 0 aromatic rings. The Bertz CT molecular complexity index is 902. The zero-order valence-electron chi connectivity index (χ0n) is 22.3. The van der Waals surface area contributed by atoms with E-state index in [0.29, 0.717) is 41.2 Å². The van der Waals surface area contributed by atoms with Crippen LogP contribution in [0, 0.1) is 34.5 Å². The number of fused-ring (bicyclic) bond motifs is 4. The normalized spacial score (nSPS) is 42.1. The van der Waals surface area contributed by atoms with Crippen LogP contribution in [0.25, 0.3) is 0 Å². The van der Waals surface area contributed by atoms with Gasteiger partial charge in [0.25, 0.3) is 0 Å². The fraction of sp³-hybridized carbons (Fsp3) is 0.793. The smallest absolute Gasteiger partial charge is 0.333 e. The van der Waals surface area contributed by atoms with Crippen molar-refractivity contribution in [2.45, 2.75) is 97.7 Å². The van der Waals surface area contributed by atoms with Gasteiger partial charge in [0.05, 0.1) is 0 Å². The van der Waals surface area contributed by atoms with Gasteiger partial charge in [-0.2, -0.15) is 0 Å². The van der Waals surface area contributed by atoms with Gasteiger partial charge in [-0.1, -0.05) is 26.5 Å². The summed E-state index contributed by atoms with van der Waals surface area (Å²) in [6.45, 7) is 16.8. The predicted molar refractivity (Wildman–Crippen MR) is 132 cm³/mol. The molecule has 4 bridgehead atoms. The van der Waals surface area contributed by atoms with Gasteiger partial charge < -0.3 is 14.2 Å². The zero-order valence-corrected chi connectivity index (χ0v) is 22.3. The van der Waals surface area contributed by atoms with E-state index in [0.717, 1.165) is 38.7 Å². The number of rotatable bonds is 8. The number of hydrogen-bond donors (Lipinski definition) is 0. The van der Waals surface area contributed by atoms with E-state index in [1.165, 1.54) is 6.42 Å². The average molecular weight is 473 g/mol. The number of ether oxygens (including phenoxy) is 3. The van der Waals surface area contributed by atoms with Gasteiger partial charge in [-0.05, 0) is 90.4 Å². The first-order valence-electron chi connectivity index (χ1n) is 13.1. The van der Waals surface area contributed by atoms with Gasteiger partial charge in [0.15, 0.2) is 0 Å². The van der Waals surface area contributed by atoms with Gasteiger partial charge in [0.2, 0.25) is 0 Å². The van der Waals surface area contributed by atoms with Crippen molar-refractivity contribution in [3.8, 4) is 0 Å². The van der Waals surface area contributed by atoms with Crippen LogP contribution in [0.15, 0.2) is 23.8 Å². The lowest BCUT2D eigenvalue weighted by molar-refractivity contribution is -0.191. The summed E-state index contributed by atoms with van der Waals surface area (Å²) < 4.78 is 17.9. The van der Waals surface area contributed by atoms with Crippen LogP contribution >= 0.6 is 0 Å². The highest BCUT2D eigenvalue weighted by Gasteiger charge is 2.70. The first kappa shape index (κ1) is 25.5. The summed E-state index contributed by atoms with van der Waals surface area (Å²) in [6, 6.07) is 0. The molecule has 4 aliphatic carbocycles. The average Bonchev–Trinajstić information content (AvgIpc) is 3.46. The number of hydrogen-bond acceptors (Lipinski definition) is 5. The van der Waals surface area contributed by atoms with Gasteiger partial charge in [0.1, 0.15) is 11.2 Å². The third kappa shape index (κ3) is 3.68. The molecule has 0 aliphatic heterocycles. The molecule has 4 rings (SSSR count). The van der Waals surface area contributed by atoms with E-state index in [1.54, 1.807) is 14.0 Å². The molecule has 4 aliphatic rings. The molecule has 7 atom stereocenters. The molecule has 0 aromatic carbocycles. The third-order valence-electron chi connectivity index (χ3n) is 10.7. The summed E-state index contributed by atoms with van der Waals surface area (Å²) in [5.41, 5.74) is -0.238. The second kappa shape index (κ2) is 8.50. The number of allylic oxidation sites excluding steroid dienone is 1. The fourth-order valence-electron chi connectivity index (χ4n) is 8.26. The second-order valence-corrected chi connectivity index (χ2v) is 12.7. The molecule has 0 heterocycles.